The summed E-state index contributed by atoms with van der Waals surface area (Å²) in [6.45, 7) is 9.08. The lowest BCUT2D eigenvalue weighted by Gasteiger charge is -2.16. The summed E-state index contributed by atoms with van der Waals surface area (Å²) in [5.74, 6) is 0.991. The van der Waals surface area contributed by atoms with E-state index >= 15 is 0 Å². The van der Waals surface area contributed by atoms with E-state index in [0.29, 0.717) is 18.3 Å². The van der Waals surface area contributed by atoms with Gasteiger partial charge in [-0.2, -0.15) is 0 Å². The van der Waals surface area contributed by atoms with E-state index in [2.05, 4.69) is 19.2 Å². The Bertz CT molecular complexity index is 169. The molecule has 0 aliphatic carbocycles. The summed E-state index contributed by atoms with van der Waals surface area (Å²) in [5.41, 5.74) is 5.80. The zero-order chi connectivity index (χ0) is 11.1. The molecule has 0 radical (unpaired) electrons. The molecule has 14 heavy (non-hydrogen) atoms. The predicted octanol–water partition coefficient (Wildman–Crippen LogP) is 1.52. The van der Waals surface area contributed by atoms with Crippen LogP contribution in [0.4, 0.5) is 0 Å². The van der Waals surface area contributed by atoms with Gasteiger partial charge < -0.3 is 11.1 Å². The van der Waals surface area contributed by atoms with Gasteiger partial charge in [0.2, 0.25) is 5.91 Å². The van der Waals surface area contributed by atoms with Gasteiger partial charge in [-0.3, -0.25) is 4.79 Å². The van der Waals surface area contributed by atoms with E-state index in [4.69, 9.17) is 5.73 Å². The van der Waals surface area contributed by atoms with Crippen LogP contribution in [0.5, 0.6) is 0 Å². The van der Waals surface area contributed by atoms with Crippen molar-refractivity contribution in [2.75, 3.05) is 6.54 Å². The first-order valence-corrected chi connectivity index (χ1v) is 5.49. The molecule has 0 aliphatic rings. The van der Waals surface area contributed by atoms with Crippen LogP contribution in [-0.2, 0) is 4.79 Å². The van der Waals surface area contributed by atoms with Gasteiger partial charge >= 0.3 is 0 Å². The topological polar surface area (TPSA) is 55.1 Å². The highest BCUT2D eigenvalue weighted by molar-refractivity contribution is 5.76. The summed E-state index contributed by atoms with van der Waals surface area (Å²) in [5, 5.41) is 2.90. The first-order chi connectivity index (χ1) is 6.47. The lowest BCUT2D eigenvalue weighted by atomic mass is 10.0. The average molecular weight is 200 g/mol. The van der Waals surface area contributed by atoms with Gasteiger partial charge in [0.15, 0.2) is 0 Å². The van der Waals surface area contributed by atoms with Gasteiger partial charge in [-0.25, -0.2) is 0 Å². The molecule has 3 nitrogen and oxygen atoms in total. The molecule has 0 rings (SSSR count). The lowest BCUT2D eigenvalue weighted by molar-refractivity contribution is -0.121. The highest BCUT2D eigenvalue weighted by atomic mass is 16.1. The molecule has 0 aromatic heterocycles. The monoisotopic (exact) mass is 200 g/mol. The Labute approximate surface area is 87.4 Å². The van der Waals surface area contributed by atoms with Crippen molar-refractivity contribution in [2.45, 2.75) is 46.6 Å². The molecule has 0 heterocycles. The predicted molar refractivity (Wildman–Crippen MR) is 59.9 cm³/mol. The van der Waals surface area contributed by atoms with E-state index in [1.54, 1.807) is 0 Å². The first kappa shape index (κ1) is 13.4. The van der Waals surface area contributed by atoms with E-state index < -0.39 is 0 Å². The Kier molecular flexibility index (Phi) is 6.54. The molecule has 84 valence electrons. The molecule has 0 aromatic rings. The third-order valence-electron chi connectivity index (χ3n) is 2.62. The van der Waals surface area contributed by atoms with E-state index in [1.807, 2.05) is 13.8 Å². The Morgan fingerprint density at radius 1 is 1.36 bits per heavy atom. The standard InChI is InChI=1S/C11H24N2O/c1-5-9(4)7-13-11(14)6-10(12)8(2)3/h8-10H,5-7,12H2,1-4H3,(H,13,14). The number of rotatable bonds is 6. The van der Waals surface area contributed by atoms with Gasteiger partial charge in [-0.15, -0.1) is 0 Å². The minimum atomic E-state index is -0.0214. The molecule has 2 unspecified atom stereocenters. The van der Waals surface area contributed by atoms with Gasteiger partial charge in [0.25, 0.3) is 0 Å². The van der Waals surface area contributed by atoms with Gasteiger partial charge in [0.1, 0.15) is 0 Å². The van der Waals surface area contributed by atoms with Crippen LogP contribution in [0.3, 0.4) is 0 Å². The maximum Gasteiger partial charge on any atom is 0.221 e. The third-order valence-corrected chi connectivity index (χ3v) is 2.62. The van der Waals surface area contributed by atoms with Crippen LogP contribution in [0.2, 0.25) is 0 Å². The van der Waals surface area contributed by atoms with E-state index in [0.717, 1.165) is 13.0 Å². The molecule has 1 amide bonds. The highest BCUT2D eigenvalue weighted by Crippen LogP contribution is 2.03. The van der Waals surface area contributed by atoms with E-state index in [9.17, 15) is 4.79 Å². The number of hydrogen-bond donors (Lipinski definition) is 2. The fourth-order valence-corrected chi connectivity index (χ4v) is 0.954. The van der Waals surface area contributed by atoms with Crippen molar-refractivity contribution in [1.29, 1.82) is 0 Å². The van der Waals surface area contributed by atoms with Crippen LogP contribution in [0.15, 0.2) is 0 Å². The maximum atomic E-state index is 11.4. The summed E-state index contributed by atoms with van der Waals surface area (Å²) >= 11 is 0. The zero-order valence-corrected chi connectivity index (χ0v) is 9.84. The van der Waals surface area contributed by atoms with Crippen molar-refractivity contribution >= 4 is 5.91 Å². The Morgan fingerprint density at radius 3 is 2.36 bits per heavy atom. The molecule has 0 aromatic carbocycles. The van der Waals surface area contributed by atoms with Gasteiger partial charge in [-0.05, 0) is 11.8 Å². The second-order valence-corrected chi connectivity index (χ2v) is 4.43. The molecule has 0 saturated carbocycles. The smallest absolute Gasteiger partial charge is 0.221 e. The average Bonchev–Trinajstić information content (AvgIpc) is 2.13. The minimum Gasteiger partial charge on any atom is -0.356 e. The summed E-state index contributed by atoms with van der Waals surface area (Å²) in [6.07, 6.45) is 1.53. The third kappa shape index (κ3) is 5.97. The van der Waals surface area contributed by atoms with E-state index in [-0.39, 0.29) is 11.9 Å². The minimum absolute atomic E-state index is 0.0214. The SMILES string of the molecule is CCC(C)CNC(=O)CC(N)C(C)C. The van der Waals surface area contributed by atoms with Gasteiger partial charge in [0, 0.05) is 19.0 Å². The van der Waals surface area contributed by atoms with Crippen molar-refractivity contribution in [3.05, 3.63) is 0 Å². The van der Waals surface area contributed by atoms with Crippen LogP contribution in [-0.4, -0.2) is 18.5 Å². The fraction of sp³-hybridized carbons (Fsp3) is 0.909. The number of carbonyl (C=O) groups is 1. The summed E-state index contributed by atoms with van der Waals surface area (Å²) < 4.78 is 0. The molecule has 3 heteroatoms. The van der Waals surface area contributed by atoms with Crippen LogP contribution >= 0.6 is 0 Å². The second-order valence-electron chi connectivity index (χ2n) is 4.43. The molecule has 0 saturated heterocycles. The molecule has 0 spiro atoms. The first-order valence-electron chi connectivity index (χ1n) is 5.49. The number of carbonyl (C=O) groups excluding carboxylic acids is 1. The largest absolute Gasteiger partial charge is 0.356 e. The number of nitrogens with one attached hydrogen (secondary N) is 1. The Balaban J connectivity index is 3.65. The van der Waals surface area contributed by atoms with Crippen molar-refractivity contribution in [3.8, 4) is 0 Å². The van der Waals surface area contributed by atoms with Crippen LogP contribution < -0.4 is 11.1 Å². The highest BCUT2D eigenvalue weighted by Gasteiger charge is 2.12. The molecular formula is C11H24N2O. The Morgan fingerprint density at radius 2 is 1.93 bits per heavy atom. The Hall–Kier alpha value is -0.570. The van der Waals surface area contributed by atoms with Crippen molar-refractivity contribution in [1.82, 2.24) is 5.32 Å². The summed E-state index contributed by atoms with van der Waals surface area (Å²) in [6, 6.07) is -0.0214. The molecular weight excluding hydrogens is 176 g/mol. The van der Waals surface area contributed by atoms with Crippen molar-refractivity contribution < 1.29 is 4.79 Å². The summed E-state index contributed by atoms with van der Waals surface area (Å²) in [7, 11) is 0. The number of hydrogen-bond acceptors (Lipinski definition) is 2. The summed E-state index contributed by atoms with van der Waals surface area (Å²) in [4.78, 5) is 11.4. The maximum absolute atomic E-state index is 11.4. The normalized spacial score (nSPS) is 15.3. The lowest BCUT2D eigenvalue weighted by Crippen LogP contribution is -2.36. The molecule has 0 aliphatic heterocycles. The second kappa shape index (κ2) is 6.82. The number of nitrogens with two attached hydrogens (primary N) is 1. The molecule has 0 bridgehead atoms. The van der Waals surface area contributed by atoms with Gasteiger partial charge in [-0.1, -0.05) is 34.1 Å². The molecule has 3 N–H and O–H groups in total. The fourth-order valence-electron chi connectivity index (χ4n) is 0.954. The quantitative estimate of drug-likeness (QED) is 0.683. The van der Waals surface area contributed by atoms with E-state index in [1.165, 1.54) is 0 Å². The van der Waals surface area contributed by atoms with Crippen LogP contribution in [0.25, 0.3) is 0 Å². The van der Waals surface area contributed by atoms with Crippen LogP contribution in [0.1, 0.15) is 40.5 Å². The van der Waals surface area contributed by atoms with Crippen molar-refractivity contribution in [2.24, 2.45) is 17.6 Å². The molecule has 2 atom stereocenters. The van der Waals surface area contributed by atoms with Crippen LogP contribution in [0, 0.1) is 11.8 Å². The number of amides is 1. The van der Waals surface area contributed by atoms with Crippen molar-refractivity contribution in [3.63, 3.8) is 0 Å². The zero-order valence-electron chi connectivity index (χ0n) is 9.84. The molecule has 0 fully saturated rings. The van der Waals surface area contributed by atoms with Gasteiger partial charge in [0.05, 0.1) is 0 Å².